The summed E-state index contributed by atoms with van der Waals surface area (Å²) in [5, 5.41) is 21.0. The number of aliphatic hydroxyl groups excluding tert-OH is 2. The average Bonchev–Trinajstić information content (AvgIpc) is 2.86. The van der Waals surface area contributed by atoms with Gasteiger partial charge in [-0.25, -0.2) is 9.78 Å². The van der Waals surface area contributed by atoms with E-state index < -0.39 is 30.5 Å². The molecule has 1 aromatic carbocycles. The van der Waals surface area contributed by atoms with Crippen LogP contribution in [0.5, 0.6) is 11.6 Å². The third-order valence-corrected chi connectivity index (χ3v) is 5.28. The van der Waals surface area contributed by atoms with Crippen LogP contribution >= 0.6 is 0 Å². The number of aliphatic hydroxyl groups is 2. The number of aryl methyl sites for hydroxylation is 1. The quantitative estimate of drug-likeness (QED) is 0.469. The Labute approximate surface area is 204 Å². The topological polar surface area (TPSA) is 117 Å². The van der Waals surface area contributed by atoms with Crippen molar-refractivity contribution in [3.05, 3.63) is 59.7 Å². The van der Waals surface area contributed by atoms with Crippen LogP contribution in [-0.4, -0.2) is 58.7 Å². The summed E-state index contributed by atoms with van der Waals surface area (Å²) in [6.45, 7) is 1.42. The van der Waals surface area contributed by atoms with Gasteiger partial charge in [-0.15, -0.1) is 0 Å². The second-order valence-corrected chi connectivity index (χ2v) is 7.99. The average molecular weight is 504 g/mol. The van der Waals surface area contributed by atoms with E-state index in [2.05, 4.69) is 15.3 Å². The van der Waals surface area contributed by atoms with Gasteiger partial charge in [-0.05, 0) is 36.8 Å². The van der Waals surface area contributed by atoms with Crippen LogP contribution in [0.25, 0.3) is 11.3 Å². The van der Waals surface area contributed by atoms with Gasteiger partial charge in [0, 0.05) is 11.6 Å². The Morgan fingerprint density at radius 3 is 2.75 bits per heavy atom. The molecule has 2 amide bonds. The zero-order chi connectivity index (χ0) is 25.9. The Bertz CT molecular complexity index is 1250. The van der Waals surface area contributed by atoms with Crippen LogP contribution in [0.4, 0.5) is 29.6 Å². The molecule has 0 fully saturated rings. The molecular formula is C24H23F3N4O5. The van der Waals surface area contributed by atoms with Crippen molar-refractivity contribution in [3.8, 4) is 22.9 Å². The van der Waals surface area contributed by atoms with Crippen molar-refractivity contribution < 1.29 is 37.7 Å². The van der Waals surface area contributed by atoms with Gasteiger partial charge in [0.05, 0.1) is 24.4 Å². The van der Waals surface area contributed by atoms with Gasteiger partial charge in [0.25, 0.3) is 0 Å². The molecule has 3 heterocycles. The number of anilines is 2. The zero-order valence-corrected chi connectivity index (χ0v) is 19.1. The summed E-state index contributed by atoms with van der Waals surface area (Å²) < 4.78 is 50.6. The smallest absolute Gasteiger partial charge is 0.416 e. The number of urea groups is 1. The van der Waals surface area contributed by atoms with E-state index >= 15 is 0 Å². The molecule has 36 heavy (non-hydrogen) atoms. The lowest BCUT2D eigenvalue weighted by molar-refractivity contribution is -0.137. The highest BCUT2D eigenvalue weighted by molar-refractivity contribution is 6.02. The second kappa shape index (κ2) is 10.4. The first kappa shape index (κ1) is 25.2. The van der Waals surface area contributed by atoms with E-state index in [1.54, 1.807) is 19.1 Å². The van der Waals surface area contributed by atoms with Crippen LogP contribution in [-0.2, 0) is 6.18 Å². The zero-order valence-electron chi connectivity index (χ0n) is 19.1. The highest BCUT2D eigenvalue weighted by Crippen LogP contribution is 2.38. The number of fused-ring (bicyclic) bond motifs is 1. The fourth-order valence-corrected chi connectivity index (χ4v) is 3.53. The van der Waals surface area contributed by atoms with Gasteiger partial charge in [-0.3, -0.25) is 10.2 Å². The molecule has 1 aliphatic rings. The largest absolute Gasteiger partial charge is 0.488 e. The molecule has 0 radical (unpaired) electrons. The number of halogens is 3. The standard InChI is InChI=1S/C24H23F3N4O5/c1-14-10-18(15-4-2-5-16(11-15)24(25,26)27)28-22-21(14)35-9-8-31(22)23(34)30-19-6-3-7-20(29-19)36-13-17(33)12-32/h2-7,10-11,17,32-33H,8-9,12-13H2,1H3,(H,29,30,34). The van der Waals surface area contributed by atoms with Gasteiger partial charge in [-0.2, -0.15) is 18.2 Å². The SMILES string of the molecule is Cc1cc(-c2cccc(C(F)(F)F)c2)nc2c1OCCN2C(=O)Nc1cccc(OCC(O)CO)n1. The minimum atomic E-state index is -4.50. The van der Waals surface area contributed by atoms with Crippen molar-refractivity contribution in [1.82, 2.24) is 9.97 Å². The minimum absolute atomic E-state index is 0.128. The number of nitrogens with zero attached hydrogens (tertiary/aromatic N) is 3. The van der Waals surface area contributed by atoms with E-state index in [4.69, 9.17) is 14.6 Å². The molecule has 9 nitrogen and oxygen atoms in total. The molecule has 12 heteroatoms. The molecule has 1 unspecified atom stereocenters. The van der Waals surface area contributed by atoms with Crippen LogP contribution in [0.1, 0.15) is 11.1 Å². The number of benzene rings is 1. The maximum Gasteiger partial charge on any atom is 0.416 e. The van der Waals surface area contributed by atoms with Crippen LogP contribution in [0.2, 0.25) is 0 Å². The monoisotopic (exact) mass is 504 g/mol. The van der Waals surface area contributed by atoms with Crippen LogP contribution in [0.3, 0.4) is 0 Å². The molecule has 1 aliphatic heterocycles. The Morgan fingerprint density at radius 2 is 2.00 bits per heavy atom. The molecular weight excluding hydrogens is 481 g/mol. The van der Waals surface area contributed by atoms with E-state index in [-0.39, 0.29) is 48.5 Å². The number of hydrogen-bond donors (Lipinski definition) is 3. The van der Waals surface area contributed by atoms with E-state index in [1.807, 2.05) is 0 Å². The number of amides is 2. The summed E-state index contributed by atoms with van der Waals surface area (Å²) in [6.07, 6.45) is -5.58. The first-order chi connectivity index (χ1) is 17.2. The lowest BCUT2D eigenvalue weighted by Crippen LogP contribution is -2.41. The van der Waals surface area contributed by atoms with Crippen LogP contribution in [0, 0.1) is 6.92 Å². The van der Waals surface area contributed by atoms with E-state index in [1.165, 1.54) is 29.2 Å². The summed E-state index contributed by atoms with van der Waals surface area (Å²) in [5.41, 5.74) is 0.318. The maximum atomic E-state index is 13.2. The van der Waals surface area contributed by atoms with Crippen molar-refractivity contribution in [3.63, 3.8) is 0 Å². The van der Waals surface area contributed by atoms with Gasteiger partial charge in [-0.1, -0.05) is 18.2 Å². The third kappa shape index (κ3) is 5.66. The van der Waals surface area contributed by atoms with E-state index in [0.717, 1.165) is 12.1 Å². The first-order valence-corrected chi connectivity index (χ1v) is 10.9. The van der Waals surface area contributed by atoms with Gasteiger partial charge in [0.1, 0.15) is 25.1 Å². The Kier molecular flexibility index (Phi) is 7.27. The van der Waals surface area contributed by atoms with Crippen molar-refractivity contribution >= 4 is 17.7 Å². The maximum absolute atomic E-state index is 13.2. The fourth-order valence-electron chi connectivity index (χ4n) is 3.53. The van der Waals surface area contributed by atoms with Gasteiger partial charge in [0.15, 0.2) is 11.6 Å². The second-order valence-electron chi connectivity index (χ2n) is 7.99. The van der Waals surface area contributed by atoms with Gasteiger partial charge >= 0.3 is 12.2 Å². The molecule has 3 aromatic rings. The summed E-state index contributed by atoms with van der Waals surface area (Å²) in [6, 6.07) is 10.5. The molecule has 4 rings (SSSR count). The molecule has 0 aliphatic carbocycles. The normalized spacial score (nSPS) is 14.0. The number of carbonyl (C=O) groups is 1. The number of pyridine rings is 2. The van der Waals surface area contributed by atoms with Gasteiger partial charge < -0.3 is 19.7 Å². The Hall–Kier alpha value is -3.90. The predicted molar refractivity (Wildman–Crippen MR) is 124 cm³/mol. The fraction of sp³-hybridized carbons (Fsp3) is 0.292. The molecule has 0 spiro atoms. The predicted octanol–water partition coefficient (Wildman–Crippen LogP) is 3.63. The number of rotatable bonds is 6. The van der Waals surface area contributed by atoms with E-state index in [0.29, 0.717) is 11.3 Å². The molecule has 1 atom stereocenters. The molecule has 3 N–H and O–H groups in total. The lowest BCUT2D eigenvalue weighted by Gasteiger charge is -2.30. The minimum Gasteiger partial charge on any atom is -0.488 e. The summed E-state index contributed by atoms with van der Waals surface area (Å²) in [5.74, 6) is 0.818. The summed E-state index contributed by atoms with van der Waals surface area (Å²) in [7, 11) is 0. The highest BCUT2D eigenvalue weighted by Gasteiger charge is 2.31. The molecule has 2 aromatic heterocycles. The van der Waals surface area contributed by atoms with Gasteiger partial charge in [0.2, 0.25) is 5.88 Å². The number of carbonyl (C=O) groups excluding carboxylic acids is 1. The van der Waals surface area contributed by atoms with Crippen LogP contribution in [0.15, 0.2) is 48.5 Å². The van der Waals surface area contributed by atoms with Crippen LogP contribution < -0.4 is 19.7 Å². The number of alkyl halides is 3. The van der Waals surface area contributed by atoms with Crippen molar-refractivity contribution in [2.24, 2.45) is 0 Å². The molecule has 190 valence electrons. The van der Waals surface area contributed by atoms with Crippen molar-refractivity contribution in [1.29, 1.82) is 0 Å². The molecule has 0 saturated heterocycles. The lowest BCUT2D eigenvalue weighted by atomic mass is 10.1. The summed E-state index contributed by atoms with van der Waals surface area (Å²) in [4.78, 5) is 23.1. The number of aromatic nitrogens is 2. The highest BCUT2D eigenvalue weighted by atomic mass is 19.4. The summed E-state index contributed by atoms with van der Waals surface area (Å²) >= 11 is 0. The molecule has 0 saturated carbocycles. The van der Waals surface area contributed by atoms with Crippen molar-refractivity contribution in [2.75, 3.05) is 36.6 Å². The van der Waals surface area contributed by atoms with E-state index in [9.17, 15) is 23.1 Å². The van der Waals surface area contributed by atoms with Crippen molar-refractivity contribution in [2.45, 2.75) is 19.2 Å². The first-order valence-electron chi connectivity index (χ1n) is 10.9. The Morgan fingerprint density at radius 1 is 1.22 bits per heavy atom. The number of nitrogens with one attached hydrogen (secondary N) is 1. The Balaban J connectivity index is 1.59. The number of hydrogen-bond acceptors (Lipinski definition) is 7. The third-order valence-electron chi connectivity index (χ3n) is 5.28. The number of ether oxygens (including phenoxy) is 2. The molecule has 0 bridgehead atoms.